The van der Waals surface area contributed by atoms with Crippen molar-refractivity contribution >= 4 is 55.9 Å². The second-order valence-corrected chi connectivity index (χ2v) is 12.2. The molecule has 1 fully saturated rings. The molecule has 1 atom stereocenters. The first-order chi connectivity index (χ1) is 17.7. The number of hydrogen-bond acceptors (Lipinski definition) is 6. The number of halogens is 1. The maximum atomic E-state index is 13.4. The van der Waals surface area contributed by atoms with E-state index in [0.717, 1.165) is 35.2 Å². The second kappa shape index (κ2) is 10.3. The lowest BCUT2D eigenvalue weighted by Crippen LogP contribution is -2.40. The SMILES string of the molecule is CN(C(=O)COC(=O)c1c2c(nc3ccccc13)/C(=C\c1ccc(Cl)cc1)CCC2)[C@@H]1CCS(=O)(=O)C1. The number of amides is 1. The summed E-state index contributed by atoms with van der Waals surface area (Å²) < 4.78 is 29.1. The number of para-hydroxylation sites is 1. The highest BCUT2D eigenvalue weighted by Crippen LogP contribution is 2.36. The van der Waals surface area contributed by atoms with E-state index >= 15 is 0 Å². The minimum Gasteiger partial charge on any atom is -0.452 e. The molecule has 0 spiro atoms. The summed E-state index contributed by atoms with van der Waals surface area (Å²) in [5.41, 5.74) is 4.72. The smallest absolute Gasteiger partial charge is 0.339 e. The Kier molecular flexibility index (Phi) is 7.05. The molecule has 9 heteroatoms. The number of sulfone groups is 1. The van der Waals surface area contributed by atoms with Crippen LogP contribution in [-0.4, -0.2) is 61.4 Å². The normalized spacial score (nSPS) is 19.5. The Balaban J connectivity index is 1.44. The number of esters is 1. The average molecular weight is 539 g/mol. The van der Waals surface area contributed by atoms with E-state index in [1.165, 1.54) is 4.90 Å². The van der Waals surface area contributed by atoms with Gasteiger partial charge in [-0.25, -0.2) is 18.2 Å². The first-order valence-electron chi connectivity index (χ1n) is 12.2. The third-order valence-electron chi connectivity index (χ3n) is 7.06. The lowest BCUT2D eigenvalue weighted by Gasteiger charge is -2.24. The number of pyridine rings is 1. The zero-order valence-corrected chi connectivity index (χ0v) is 22.0. The van der Waals surface area contributed by atoms with E-state index in [9.17, 15) is 18.0 Å². The Morgan fingerprint density at radius 2 is 1.89 bits per heavy atom. The van der Waals surface area contributed by atoms with Crippen LogP contribution in [0.15, 0.2) is 48.5 Å². The molecule has 7 nitrogen and oxygen atoms in total. The fraction of sp³-hybridized carbons (Fsp3) is 0.321. The van der Waals surface area contributed by atoms with Crippen molar-refractivity contribution in [3.63, 3.8) is 0 Å². The van der Waals surface area contributed by atoms with Gasteiger partial charge in [0.15, 0.2) is 16.4 Å². The largest absolute Gasteiger partial charge is 0.452 e. The summed E-state index contributed by atoms with van der Waals surface area (Å²) in [7, 11) is -1.58. The van der Waals surface area contributed by atoms with Crippen LogP contribution in [0.3, 0.4) is 0 Å². The molecule has 1 amide bonds. The Labute approximate surface area is 221 Å². The number of rotatable bonds is 5. The van der Waals surface area contributed by atoms with Gasteiger partial charge in [0.05, 0.1) is 28.3 Å². The Morgan fingerprint density at radius 1 is 1.14 bits per heavy atom. The number of allylic oxidation sites excluding steroid dienone is 1. The van der Waals surface area contributed by atoms with Gasteiger partial charge in [0, 0.05) is 23.5 Å². The predicted octanol–water partition coefficient (Wildman–Crippen LogP) is 4.57. The van der Waals surface area contributed by atoms with Crippen molar-refractivity contribution in [1.29, 1.82) is 0 Å². The number of benzene rings is 2. The van der Waals surface area contributed by atoms with Crippen LogP contribution in [0.4, 0.5) is 0 Å². The van der Waals surface area contributed by atoms with Crippen molar-refractivity contribution in [3.05, 3.63) is 75.9 Å². The van der Waals surface area contributed by atoms with Crippen molar-refractivity contribution in [2.75, 3.05) is 25.2 Å². The highest BCUT2D eigenvalue weighted by Gasteiger charge is 2.33. The molecule has 1 saturated heterocycles. The number of nitrogens with zero attached hydrogens (tertiary/aromatic N) is 2. The lowest BCUT2D eigenvalue weighted by molar-refractivity contribution is -0.134. The van der Waals surface area contributed by atoms with Crippen molar-refractivity contribution in [1.82, 2.24) is 9.88 Å². The van der Waals surface area contributed by atoms with Crippen LogP contribution < -0.4 is 0 Å². The van der Waals surface area contributed by atoms with Gasteiger partial charge in [-0.15, -0.1) is 0 Å². The monoisotopic (exact) mass is 538 g/mol. The van der Waals surface area contributed by atoms with E-state index in [4.69, 9.17) is 21.3 Å². The van der Waals surface area contributed by atoms with E-state index in [2.05, 4.69) is 6.08 Å². The van der Waals surface area contributed by atoms with Gasteiger partial charge >= 0.3 is 5.97 Å². The van der Waals surface area contributed by atoms with Crippen molar-refractivity contribution < 1.29 is 22.7 Å². The molecule has 3 aromatic rings. The van der Waals surface area contributed by atoms with Gasteiger partial charge < -0.3 is 9.64 Å². The molecule has 5 rings (SSSR count). The maximum Gasteiger partial charge on any atom is 0.339 e. The quantitative estimate of drug-likeness (QED) is 0.442. The number of carbonyl (C=O) groups is 2. The Morgan fingerprint density at radius 3 is 2.62 bits per heavy atom. The predicted molar refractivity (Wildman–Crippen MR) is 144 cm³/mol. The molecular weight excluding hydrogens is 512 g/mol. The van der Waals surface area contributed by atoms with Gasteiger partial charge in [-0.2, -0.15) is 0 Å². The van der Waals surface area contributed by atoms with Gasteiger partial charge in [-0.1, -0.05) is 41.9 Å². The van der Waals surface area contributed by atoms with E-state index in [0.29, 0.717) is 34.3 Å². The zero-order valence-electron chi connectivity index (χ0n) is 20.4. The van der Waals surface area contributed by atoms with Gasteiger partial charge in [0.1, 0.15) is 0 Å². The summed E-state index contributed by atoms with van der Waals surface area (Å²) in [5, 5.41) is 1.34. The molecule has 192 valence electrons. The van der Waals surface area contributed by atoms with E-state index < -0.39 is 34.4 Å². The number of likely N-dealkylation sites (N-methyl/N-ethyl adjacent to an activating group) is 1. The highest BCUT2D eigenvalue weighted by atomic mass is 35.5. The first kappa shape index (κ1) is 25.4. The Hall–Kier alpha value is -3.23. The lowest BCUT2D eigenvalue weighted by atomic mass is 9.86. The third-order valence-corrected chi connectivity index (χ3v) is 9.06. The van der Waals surface area contributed by atoms with Crippen LogP contribution >= 0.6 is 11.6 Å². The van der Waals surface area contributed by atoms with Crippen molar-refractivity contribution in [2.24, 2.45) is 0 Å². The number of carbonyl (C=O) groups excluding carboxylic acids is 2. The van der Waals surface area contributed by atoms with E-state index in [1.54, 1.807) is 7.05 Å². The molecule has 1 aromatic heterocycles. The molecule has 2 heterocycles. The minimum absolute atomic E-state index is 0.0611. The van der Waals surface area contributed by atoms with Crippen LogP contribution in [0, 0.1) is 0 Å². The molecule has 1 aliphatic carbocycles. The zero-order chi connectivity index (χ0) is 26.2. The maximum absolute atomic E-state index is 13.4. The second-order valence-electron chi connectivity index (χ2n) is 9.54. The molecule has 0 N–H and O–H groups in total. The highest BCUT2D eigenvalue weighted by molar-refractivity contribution is 7.91. The summed E-state index contributed by atoms with van der Waals surface area (Å²) in [5.74, 6) is -1.00. The molecule has 2 aliphatic rings. The molecule has 0 saturated carbocycles. The van der Waals surface area contributed by atoms with Gasteiger partial charge in [0.25, 0.3) is 5.91 Å². The number of fused-ring (bicyclic) bond motifs is 2. The fourth-order valence-electron chi connectivity index (χ4n) is 5.05. The van der Waals surface area contributed by atoms with Crippen LogP contribution in [0.1, 0.15) is 46.4 Å². The number of ether oxygens (including phenoxy) is 1. The molecule has 2 aromatic carbocycles. The van der Waals surface area contributed by atoms with Crippen molar-refractivity contribution in [3.8, 4) is 0 Å². The summed E-state index contributed by atoms with van der Waals surface area (Å²) in [6, 6.07) is 14.6. The standard InChI is InChI=1S/C28H27ClN2O5S/c1-31(21-13-14-37(34,35)17-21)25(32)16-36-28(33)26-22-6-2-3-8-24(22)30-27-19(5-4-7-23(26)27)15-18-9-11-20(29)12-10-18/h2-3,6,8-12,15,21H,4-5,7,13-14,16-17H2,1H3/b19-15-/t21-/m1/s1. The summed E-state index contributed by atoms with van der Waals surface area (Å²) in [6.07, 6.45) is 4.81. The third kappa shape index (κ3) is 5.40. The fourth-order valence-corrected chi connectivity index (χ4v) is 6.95. The number of aromatic nitrogens is 1. The van der Waals surface area contributed by atoms with E-state index in [-0.39, 0.29) is 11.5 Å². The summed E-state index contributed by atoms with van der Waals surface area (Å²) >= 11 is 6.04. The first-order valence-corrected chi connectivity index (χ1v) is 14.4. The topological polar surface area (TPSA) is 93.6 Å². The molecule has 1 aliphatic heterocycles. The molecular formula is C28H27ClN2O5S. The van der Waals surface area contributed by atoms with Crippen LogP contribution in [0.2, 0.25) is 5.02 Å². The average Bonchev–Trinajstić information content (AvgIpc) is 3.26. The minimum atomic E-state index is -3.13. The van der Waals surface area contributed by atoms with Gasteiger partial charge in [-0.3, -0.25) is 4.79 Å². The van der Waals surface area contributed by atoms with E-state index in [1.807, 2.05) is 48.5 Å². The van der Waals surface area contributed by atoms with Crippen LogP contribution in [0.25, 0.3) is 22.6 Å². The molecule has 0 bridgehead atoms. The summed E-state index contributed by atoms with van der Waals surface area (Å²) in [4.78, 5) is 32.5. The van der Waals surface area contributed by atoms with Crippen LogP contribution in [0.5, 0.6) is 0 Å². The molecule has 37 heavy (non-hydrogen) atoms. The summed E-state index contributed by atoms with van der Waals surface area (Å²) in [6.45, 7) is -0.454. The Bertz CT molecular complexity index is 1520. The van der Waals surface area contributed by atoms with Crippen LogP contribution in [-0.2, 0) is 25.8 Å². The van der Waals surface area contributed by atoms with Crippen molar-refractivity contribution in [2.45, 2.75) is 31.7 Å². The van der Waals surface area contributed by atoms with Gasteiger partial charge in [0.2, 0.25) is 0 Å². The number of hydrogen-bond donors (Lipinski definition) is 0. The molecule has 0 unspecified atom stereocenters. The molecule has 0 radical (unpaired) electrons. The van der Waals surface area contributed by atoms with Gasteiger partial charge in [-0.05, 0) is 66.7 Å².